The van der Waals surface area contributed by atoms with Gasteiger partial charge in [-0.1, -0.05) is 6.92 Å². The molecule has 0 radical (unpaired) electrons. The molecule has 3 N–H and O–H groups in total. The maximum atomic E-state index is 11.8. The fourth-order valence-corrected chi connectivity index (χ4v) is 1.78. The van der Waals surface area contributed by atoms with Crippen LogP contribution in [0.2, 0.25) is 0 Å². The van der Waals surface area contributed by atoms with E-state index in [-0.39, 0.29) is 5.91 Å². The monoisotopic (exact) mass is 314 g/mol. The van der Waals surface area contributed by atoms with E-state index in [0.717, 1.165) is 16.6 Å². The van der Waals surface area contributed by atoms with Crippen molar-refractivity contribution in [2.75, 3.05) is 19.0 Å². The van der Waals surface area contributed by atoms with Crippen LogP contribution >= 0.6 is 15.9 Å². The van der Waals surface area contributed by atoms with E-state index in [9.17, 15) is 4.79 Å². The summed E-state index contributed by atoms with van der Waals surface area (Å²) in [6, 6.07) is 5.46. The van der Waals surface area contributed by atoms with E-state index in [0.29, 0.717) is 24.6 Å². The van der Waals surface area contributed by atoms with Gasteiger partial charge in [0.25, 0.3) is 0 Å². The molecule has 18 heavy (non-hydrogen) atoms. The molecular weight excluding hydrogens is 296 g/mol. The van der Waals surface area contributed by atoms with E-state index in [2.05, 4.69) is 21.2 Å². The summed E-state index contributed by atoms with van der Waals surface area (Å²) in [4.78, 5) is 11.8. The molecule has 0 aromatic heterocycles. The van der Waals surface area contributed by atoms with Crippen LogP contribution in [0.1, 0.15) is 19.8 Å². The smallest absolute Gasteiger partial charge is 0.224 e. The highest BCUT2D eigenvalue weighted by Crippen LogP contribution is 2.27. The average molecular weight is 315 g/mol. The Labute approximate surface area is 116 Å². The van der Waals surface area contributed by atoms with Gasteiger partial charge in [0, 0.05) is 17.0 Å². The standard InChI is InChI=1S/C13H19BrN2O2/c1-9(8-15)3-6-13(17)16-12-7-10(18-2)4-5-11(12)14/h4-5,7,9H,3,6,8,15H2,1-2H3,(H,16,17). The van der Waals surface area contributed by atoms with Gasteiger partial charge in [-0.3, -0.25) is 4.79 Å². The maximum Gasteiger partial charge on any atom is 0.224 e. The number of nitrogens with one attached hydrogen (secondary N) is 1. The fourth-order valence-electron chi connectivity index (χ4n) is 1.44. The molecule has 1 atom stereocenters. The SMILES string of the molecule is COc1ccc(Br)c(NC(=O)CCC(C)CN)c1. The van der Waals surface area contributed by atoms with Gasteiger partial charge < -0.3 is 15.8 Å². The minimum absolute atomic E-state index is 0.00995. The fraction of sp³-hybridized carbons (Fsp3) is 0.462. The normalized spacial score (nSPS) is 12.0. The lowest BCUT2D eigenvalue weighted by molar-refractivity contribution is -0.116. The molecule has 0 saturated carbocycles. The highest BCUT2D eigenvalue weighted by Gasteiger charge is 2.08. The van der Waals surface area contributed by atoms with Crippen molar-refractivity contribution in [1.29, 1.82) is 0 Å². The third-order valence-electron chi connectivity index (χ3n) is 2.71. The van der Waals surface area contributed by atoms with Gasteiger partial charge in [0.1, 0.15) is 5.75 Å². The van der Waals surface area contributed by atoms with E-state index < -0.39 is 0 Å². The first-order valence-corrected chi connectivity index (χ1v) is 6.69. The molecule has 100 valence electrons. The van der Waals surface area contributed by atoms with Crippen molar-refractivity contribution >= 4 is 27.5 Å². The quantitative estimate of drug-likeness (QED) is 0.848. The van der Waals surface area contributed by atoms with Crippen molar-refractivity contribution in [3.05, 3.63) is 22.7 Å². The minimum Gasteiger partial charge on any atom is -0.497 e. The van der Waals surface area contributed by atoms with Gasteiger partial charge >= 0.3 is 0 Å². The van der Waals surface area contributed by atoms with Crippen molar-refractivity contribution in [3.63, 3.8) is 0 Å². The van der Waals surface area contributed by atoms with Crippen molar-refractivity contribution in [2.45, 2.75) is 19.8 Å². The summed E-state index contributed by atoms with van der Waals surface area (Å²) in [6.45, 7) is 2.64. The third kappa shape index (κ3) is 4.66. The van der Waals surface area contributed by atoms with Crippen molar-refractivity contribution in [1.82, 2.24) is 0 Å². The summed E-state index contributed by atoms with van der Waals surface area (Å²) in [5.41, 5.74) is 6.24. The molecule has 1 aromatic carbocycles. The molecule has 1 amide bonds. The van der Waals surface area contributed by atoms with Crippen molar-refractivity contribution < 1.29 is 9.53 Å². The second-order valence-corrected chi connectivity index (χ2v) is 5.13. The summed E-state index contributed by atoms with van der Waals surface area (Å²) in [5.74, 6) is 1.07. The molecule has 0 aliphatic carbocycles. The zero-order chi connectivity index (χ0) is 13.5. The molecule has 1 unspecified atom stereocenters. The Morgan fingerprint density at radius 2 is 2.28 bits per heavy atom. The molecule has 0 bridgehead atoms. The van der Waals surface area contributed by atoms with Gasteiger partial charge in [0.2, 0.25) is 5.91 Å². The molecule has 0 heterocycles. The predicted molar refractivity (Wildman–Crippen MR) is 76.8 cm³/mol. The first-order valence-electron chi connectivity index (χ1n) is 5.90. The van der Waals surface area contributed by atoms with Crippen LogP contribution in [0.25, 0.3) is 0 Å². The van der Waals surface area contributed by atoms with Gasteiger partial charge in [0.15, 0.2) is 0 Å². The van der Waals surface area contributed by atoms with Gasteiger partial charge in [-0.05, 0) is 46.9 Å². The van der Waals surface area contributed by atoms with Crippen LogP contribution in [0.15, 0.2) is 22.7 Å². The summed E-state index contributed by atoms with van der Waals surface area (Å²) in [7, 11) is 1.60. The number of nitrogens with two attached hydrogens (primary N) is 1. The highest BCUT2D eigenvalue weighted by molar-refractivity contribution is 9.10. The molecule has 4 nitrogen and oxygen atoms in total. The Balaban J connectivity index is 2.58. The zero-order valence-corrected chi connectivity index (χ0v) is 12.3. The lowest BCUT2D eigenvalue weighted by Crippen LogP contribution is -2.16. The number of carbonyl (C=O) groups excluding carboxylic acids is 1. The molecule has 0 saturated heterocycles. The van der Waals surface area contributed by atoms with Crippen LogP contribution in [-0.2, 0) is 4.79 Å². The van der Waals surface area contributed by atoms with Gasteiger partial charge in [0.05, 0.1) is 12.8 Å². The van der Waals surface area contributed by atoms with E-state index >= 15 is 0 Å². The molecule has 5 heteroatoms. The Bertz CT molecular complexity index is 410. The summed E-state index contributed by atoms with van der Waals surface area (Å²) in [6.07, 6.45) is 1.27. The van der Waals surface area contributed by atoms with Crippen LogP contribution in [0.5, 0.6) is 5.75 Å². The Hall–Kier alpha value is -1.07. The van der Waals surface area contributed by atoms with Crippen molar-refractivity contribution in [3.8, 4) is 5.75 Å². The van der Waals surface area contributed by atoms with Gasteiger partial charge in [-0.15, -0.1) is 0 Å². The molecule has 1 aromatic rings. The van der Waals surface area contributed by atoms with E-state index in [1.807, 2.05) is 19.1 Å². The largest absolute Gasteiger partial charge is 0.497 e. The molecule has 0 spiro atoms. The van der Waals surface area contributed by atoms with E-state index in [1.54, 1.807) is 13.2 Å². The summed E-state index contributed by atoms with van der Waals surface area (Å²) < 4.78 is 5.95. The molecule has 0 fully saturated rings. The predicted octanol–water partition coefficient (Wildman–Crippen LogP) is 2.77. The average Bonchev–Trinajstić information content (AvgIpc) is 2.38. The molecule has 1 rings (SSSR count). The number of anilines is 1. The number of ether oxygens (including phenoxy) is 1. The van der Waals surface area contributed by atoms with E-state index in [4.69, 9.17) is 10.5 Å². The van der Waals surface area contributed by atoms with Crippen LogP contribution < -0.4 is 15.8 Å². The van der Waals surface area contributed by atoms with Crippen LogP contribution in [0, 0.1) is 5.92 Å². The van der Waals surface area contributed by atoms with Crippen LogP contribution in [0.4, 0.5) is 5.69 Å². The Morgan fingerprint density at radius 1 is 1.56 bits per heavy atom. The number of carbonyl (C=O) groups is 1. The third-order valence-corrected chi connectivity index (χ3v) is 3.41. The topological polar surface area (TPSA) is 64.3 Å². The number of hydrogen-bond donors (Lipinski definition) is 2. The minimum atomic E-state index is -0.00995. The summed E-state index contributed by atoms with van der Waals surface area (Å²) >= 11 is 3.39. The lowest BCUT2D eigenvalue weighted by Gasteiger charge is -2.11. The van der Waals surface area contributed by atoms with Gasteiger partial charge in [-0.25, -0.2) is 0 Å². The molecular formula is C13H19BrN2O2. The Morgan fingerprint density at radius 3 is 2.89 bits per heavy atom. The maximum absolute atomic E-state index is 11.8. The number of halogens is 1. The van der Waals surface area contributed by atoms with Crippen LogP contribution in [0.3, 0.4) is 0 Å². The van der Waals surface area contributed by atoms with E-state index in [1.165, 1.54) is 0 Å². The molecule has 0 aliphatic heterocycles. The van der Waals surface area contributed by atoms with Crippen molar-refractivity contribution in [2.24, 2.45) is 11.7 Å². The Kier molecular flexibility index (Phi) is 6.15. The first kappa shape index (κ1) is 15.0. The zero-order valence-electron chi connectivity index (χ0n) is 10.7. The van der Waals surface area contributed by atoms with Gasteiger partial charge in [-0.2, -0.15) is 0 Å². The number of hydrogen-bond acceptors (Lipinski definition) is 3. The second kappa shape index (κ2) is 7.38. The molecule has 0 aliphatic rings. The first-order chi connectivity index (χ1) is 8.56. The number of rotatable bonds is 6. The summed E-state index contributed by atoms with van der Waals surface area (Å²) in [5, 5.41) is 2.86. The number of amides is 1. The van der Waals surface area contributed by atoms with Crippen LogP contribution in [-0.4, -0.2) is 19.6 Å². The number of methoxy groups -OCH3 is 1. The lowest BCUT2D eigenvalue weighted by atomic mass is 10.1. The second-order valence-electron chi connectivity index (χ2n) is 4.27. The highest BCUT2D eigenvalue weighted by atomic mass is 79.9. The number of benzene rings is 1.